The molecule has 2 atom stereocenters. The van der Waals surface area contributed by atoms with Crippen LogP contribution in [0.15, 0.2) is 0 Å². The highest BCUT2D eigenvalue weighted by Gasteiger charge is 2.62. The van der Waals surface area contributed by atoms with E-state index in [0.717, 1.165) is 4.90 Å². The molecule has 0 aliphatic carbocycles. The van der Waals surface area contributed by atoms with Gasteiger partial charge in [-0.2, -0.15) is 13.2 Å². The molecule has 19 heavy (non-hydrogen) atoms. The number of halogens is 3. The lowest BCUT2D eigenvalue weighted by atomic mass is 9.79. The second-order valence-corrected chi connectivity index (χ2v) is 6.07. The van der Waals surface area contributed by atoms with Crippen molar-refractivity contribution in [1.82, 2.24) is 4.90 Å². The van der Waals surface area contributed by atoms with Gasteiger partial charge in [0.05, 0.1) is 6.61 Å². The SMILES string of the molecule is C[C@@H]1CN(C(=O)OC(C)(C)C)C[C@]1(CO)C(F)(F)F. The summed E-state index contributed by atoms with van der Waals surface area (Å²) in [5.74, 6) is -0.870. The average molecular weight is 283 g/mol. The monoisotopic (exact) mass is 283 g/mol. The molecule has 1 rings (SSSR count). The van der Waals surface area contributed by atoms with Gasteiger partial charge in [0.2, 0.25) is 0 Å². The highest BCUT2D eigenvalue weighted by molar-refractivity contribution is 5.68. The number of hydrogen-bond acceptors (Lipinski definition) is 3. The Morgan fingerprint density at radius 3 is 2.26 bits per heavy atom. The highest BCUT2D eigenvalue weighted by atomic mass is 19.4. The summed E-state index contributed by atoms with van der Waals surface area (Å²) in [6.07, 6.45) is -5.34. The third-order valence-corrected chi connectivity index (χ3v) is 3.41. The molecular formula is C12H20F3NO3. The molecule has 7 heteroatoms. The van der Waals surface area contributed by atoms with Crippen LogP contribution in [0.5, 0.6) is 0 Å². The Labute approximate surface area is 110 Å². The van der Waals surface area contributed by atoms with E-state index in [4.69, 9.17) is 9.84 Å². The van der Waals surface area contributed by atoms with Crippen molar-refractivity contribution in [3.05, 3.63) is 0 Å². The Morgan fingerprint density at radius 1 is 1.42 bits per heavy atom. The number of alkyl halides is 3. The van der Waals surface area contributed by atoms with Gasteiger partial charge in [-0.25, -0.2) is 4.79 Å². The number of aliphatic hydroxyl groups excluding tert-OH is 1. The van der Waals surface area contributed by atoms with Crippen LogP contribution >= 0.6 is 0 Å². The number of amides is 1. The summed E-state index contributed by atoms with van der Waals surface area (Å²) in [6.45, 7) is 4.65. The summed E-state index contributed by atoms with van der Waals surface area (Å²) in [6, 6.07) is 0. The summed E-state index contributed by atoms with van der Waals surface area (Å²) in [5, 5.41) is 9.16. The minimum atomic E-state index is -4.56. The molecule has 1 fully saturated rings. The van der Waals surface area contributed by atoms with Gasteiger partial charge in [0, 0.05) is 13.1 Å². The molecule has 4 nitrogen and oxygen atoms in total. The van der Waals surface area contributed by atoms with Crippen molar-refractivity contribution in [3.8, 4) is 0 Å². The molecule has 0 saturated carbocycles. The van der Waals surface area contributed by atoms with Gasteiger partial charge in [-0.15, -0.1) is 0 Å². The molecule has 1 saturated heterocycles. The summed E-state index contributed by atoms with van der Waals surface area (Å²) < 4.78 is 44.4. The Balaban J connectivity index is 2.88. The first-order valence-corrected chi connectivity index (χ1v) is 6.08. The maximum atomic E-state index is 13.1. The van der Waals surface area contributed by atoms with Gasteiger partial charge in [-0.1, -0.05) is 6.92 Å². The first kappa shape index (κ1) is 16.1. The van der Waals surface area contributed by atoms with Crippen LogP contribution in [0.25, 0.3) is 0 Å². The van der Waals surface area contributed by atoms with Crippen molar-refractivity contribution in [3.63, 3.8) is 0 Å². The van der Waals surface area contributed by atoms with Crippen molar-refractivity contribution >= 4 is 6.09 Å². The average Bonchev–Trinajstić information content (AvgIpc) is 2.53. The van der Waals surface area contributed by atoms with Crippen molar-refractivity contribution in [2.24, 2.45) is 11.3 Å². The Hall–Kier alpha value is -0.980. The summed E-state index contributed by atoms with van der Waals surface area (Å²) in [7, 11) is 0. The molecule has 1 heterocycles. The number of aliphatic hydroxyl groups is 1. The summed E-state index contributed by atoms with van der Waals surface area (Å²) in [5.41, 5.74) is -3.02. The van der Waals surface area contributed by atoms with Gasteiger partial charge in [-0.3, -0.25) is 0 Å². The molecule has 1 aliphatic rings. The van der Waals surface area contributed by atoms with Crippen LogP contribution < -0.4 is 0 Å². The van der Waals surface area contributed by atoms with Crippen molar-refractivity contribution < 1.29 is 27.8 Å². The lowest BCUT2D eigenvalue weighted by Crippen LogP contribution is -2.47. The van der Waals surface area contributed by atoms with Gasteiger partial charge in [0.15, 0.2) is 0 Å². The van der Waals surface area contributed by atoms with E-state index in [1.807, 2.05) is 0 Å². The maximum Gasteiger partial charge on any atom is 0.410 e. The second kappa shape index (κ2) is 4.85. The normalized spacial score (nSPS) is 28.6. The molecule has 0 aromatic carbocycles. The molecule has 0 radical (unpaired) electrons. The maximum absolute atomic E-state index is 13.1. The molecule has 0 aromatic heterocycles. The number of rotatable bonds is 1. The van der Waals surface area contributed by atoms with Crippen molar-refractivity contribution in [2.45, 2.75) is 39.5 Å². The van der Waals surface area contributed by atoms with E-state index in [2.05, 4.69) is 0 Å². The first-order chi connectivity index (χ1) is 8.43. The Bertz CT molecular complexity index is 351. The predicted octanol–water partition coefficient (Wildman–Crippen LogP) is 2.41. The lowest BCUT2D eigenvalue weighted by molar-refractivity contribution is -0.241. The van der Waals surface area contributed by atoms with E-state index in [0.29, 0.717) is 0 Å². The predicted molar refractivity (Wildman–Crippen MR) is 62.5 cm³/mol. The van der Waals surface area contributed by atoms with E-state index < -0.39 is 42.4 Å². The minimum absolute atomic E-state index is 0.0744. The van der Waals surface area contributed by atoms with E-state index >= 15 is 0 Å². The van der Waals surface area contributed by atoms with E-state index in [-0.39, 0.29) is 6.54 Å². The third kappa shape index (κ3) is 3.13. The quantitative estimate of drug-likeness (QED) is 0.804. The van der Waals surface area contributed by atoms with Gasteiger partial charge in [-0.05, 0) is 26.7 Å². The zero-order chi connectivity index (χ0) is 15.1. The number of likely N-dealkylation sites (tertiary alicyclic amines) is 1. The molecule has 1 aliphatic heterocycles. The molecule has 0 bridgehead atoms. The fraction of sp³-hybridized carbons (Fsp3) is 0.917. The van der Waals surface area contributed by atoms with Gasteiger partial charge in [0.25, 0.3) is 0 Å². The first-order valence-electron chi connectivity index (χ1n) is 6.08. The highest BCUT2D eigenvalue weighted by Crippen LogP contribution is 2.48. The van der Waals surface area contributed by atoms with Crippen LogP contribution in [-0.4, -0.2) is 47.6 Å². The van der Waals surface area contributed by atoms with Gasteiger partial charge >= 0.3 is 12.3 Å². The minimum Gasteiger partial charge on any atom is -0.444 e. The zero-order valence-corrected chi connectivity index (χ0v) is 11.5. The van der Waals surface area contributed by atoms with Crippen LogP contribution in [0.2, 0.25) is 0 Å². The van der Waals surface area contributed by atoms with E-state index in [1.54, 1.807) is 20.8 Å². The molecule has 112 valence electrons. The number of carbonyl (C=O) groups is 1. The number of nitrogens with zero attached hydrogens (tertiary/aromatic N) is 1. The van der Waals surface area contributed by atoms with Crippen LogP contribution in [0.3, 0.4) is 0 Å². The zero-order valence-electron chi connectivity index (χ0n) is 11.5. The van der Waals surface area contributed by atoms with Crippen LogP contribution in [0.1, 0.15) is 27.7 Å². The lowest BCUT2D eigenvalue weighted by Gasteiger charge is -2.33. The fourth-order valence-corrected chi connectivity index (χ4v) is 2.20. The van der Waals surface area contributed by atoms with E-state index in [1.165, 1.54) is 6.92 Å². The van der Waals surface area contributed by atoms with Crippen LogP contribution in [0, 0.1) is 11.3 Å². The number of hydrogen-bond donors (Lipinski definition) is 1. The molecule has 0 aromatic rings. The second-order valence-electron chi connectivity index (χ2n) is 6.07. The van der Waals surface area contributed by atoms with Gasteiger partial charge in [0.1, 0.15) is 11.0 Å². The van der Waals surface area contributed by atoms with Crippen molar-refractivity contribution in [2.75, 3.05) is 19.7 Å². The summed E-state index contributed by atoms with van der Waals surface area (Å²) in [4.78, 5) is 12.8. The smallest absolute Gasteiger partial charge is 0.410 e. The van der Waals surface area contributed by atoms with Crippen LogP contribution in [-0.2, 0) is 4.74 Å². The molecular weight excluding hydrogens is 263 g/mol. The largest absolute Gasteiger partial charge is 0.444 e. The summed E-state index contributed by atoms with van der Waals surface area (Å²) >= 11 is 0. The standard InChI is InChI=1S/C12H20F3NO3/c1-8-5-16(9(18)19-10(2,3)4)6-11(8,7-17)12(13,14)15/h8,17H,5-7H2,1-4H3/t8-,11-/m1/s1. The van der Waals surface area contributed by atoms with E-state index in [9.17, 15) is 18.0 Å². The topological polar surface area (TPSA) is 49.8 Å². The Kier molecular flexibility index (Phi) is 4.10. The third-order valence-electron chi connectivity index (χ3n) is 3.41. The Morgan fingerprint density at radius 2 is 1.95 bits per heavy atom. The number of ether oxygens (including phenoxy) is 1. The molecule has 1 N–H and O–H groups in total. The van der Waals surface area contributed by atoms with Crippen molar-refractivity contribution in [1.29, 1.82) is 0 Å². The molecule has 0 spiro atoms. The fourth-order valence-electron chi connectivity index (χ4n) is 2.20. The molecule has 0 unspecified atom stereocenters. The number of carbonyl (C=O) groups excluding carboxylic acids is 1. The van der Waals surface area contributed by atoms with Crippen LogP contribution in [0.4, 0.5) is 18.0 Å². The molecule has 1 amide bonds. The van der Waals surface area contributed by atoms with Gasteiger partial charge < -0.3 is 14.7 Å².